The van der Waals surface area contributed by atoms with E-state index in [-0.39, 0.29) is 6.04 Å². The smallest absolute Gasteiger partial charge is 0.0751 e. The molecule has 1 fully saturated rings. The molecular formula is C18H22N2. The Morgan fingerprint density at radius 2 is 2.10 bits per heavy atom. The van der Waals surface area contributed by atoms with E-state index in [4.69, 9.17) is 0 Å². The summed E-state index contributed by atoms with van der Waals surface area (Å²) in [5.41, 5.74) is 3.92. The summed E-state index contributed by atoms with van der Waals surface area (Å²) in [7, 11) is 0. The topological polar surface area (TPSA) is 24.9 Å². The second-order valence-electron chi connectivity index (χ2n) is 5.54. The molecule has 0 saturated heterocycles. The van der Waals surface area contributed by atoms with Gasteiger partial charge in [-0.1, -0.05) is 43.7 Å². The predicted molar refractivity (Wildman–Crippen MR) is 82.8 cm³/mol. The highest BCUT2D eigenvalue weighted by atomic mass is 14.9. The van der Waals surface area contributed by atoms with Crippen LogP contribution < -0.4 is 5.32 Å². The number of nitrogens with one attached hydrogen (secondary N) is 1. The Kier molecular flexibility index (Phi) is 4.12. The van der Waals surface area contributed by atoms with Crippen molar-refractivity contribution < 1.29 is 0 Å². The lowest BCUT2D eigenvalue weighted by atomic mass is 9.79. The highest BCUT2D eigenvalue weighted by Gasteiger charge is 2.21. The summed E-state index contributed by atoms with van der Waals surface area (Å²) >= 11 is 0. The molecule has 1 aliphatic carbocycles. The second kappa shape index (κ2) is 6.19. The minimum Gasteiger partial charge on any atom is -0.305 e. The summed E-state index contributed by atoms with van der Waals surface area (Å²) < 4.78 is 0. The van der Waals surface area contributed by atoms with E-state index in [0.717, 1.165) is 18.2 Å². The van der Waals surface area contributed by atoms with Crippen molar-refractivity contribution in [2.45, 2.75) is 38.1 Å². The average molecular weight is 266 g/mol. The van der Waals surface area contributed by atoms with Gasteiger partial charge in [0, 0.05) is 6.20 Å². The van der Waals surface area contributed by atoms with Crippen molar-refractivity contribution in [3.8, 4) is 0 Å². The first kappa shape index (κ1) is 13.3. The fourth-order valence-electron chi connectivity index (χ4n) is 2.88. The van der Waals surface area contributed by atoms with Crippen molar-refractivity contribution in [2.75, 3.05) is 6.54 Å². The lowest BCUT2D eigenvalue weighted by Gasteiger charge is -2.27. The second-order valence-corrected chi connectivity index (χ2v) is 5.54. The minimum atomic E-state index is 0.196. The normalized spacial score (nSPS) is 16.6. The molecule has 1 saturated carbocycles. The van der Waals surface area contributed by atoms with Crippen molar-refractivity contribution >= 4 is 0 Å². The zero-order chi connectivity index (χ0) is 13.8. The van der Waals surface area contributed by atoms with Crippen LogP contribution >= 0.6 is 0 Å². The molecular weight excluding hydrogens is 244 g/mol. The number of hydrogen-bond acceptors (Lipinski definition) is 2. The van der Waals surface area contributed by atoms with Crippen molar-refractivity contribution in [3.63, 3.8) is 0 Å². The fraction of sp³-hybridized carbons (Fsp3) is 0.389. The third-order valence-electron chi connectivity index (χ3n) is 4.21. The van der Waals surface area contributed by atoms with Crippen LogP contribution in [-0.2, 0) is 0 Å². The number of rotatable bonds is 5. The summed E-state index contributed by atoms with van der Waals surface area (Å²) in [5.74, 6) is 0.779. The molecule has 0 radical (unpaired) electrons. The quantitative estimate of drug-likeness (QED) is 0.883. The van der Waals surface area contributed by atoms with Gasteiger partial charge in [-0.2, -0.15) is 0 Å². The van der Waals surface area contributed by atoms with Crippen LogP contribution in [0.3, 0.4) is 0 Å². The fourth-order valence-corrected chi connectivity index (χ4v) is 2.88. The Balaban J connectivity index is 1.91. The first-order valence-corrected chi connectivity index (χ1v) is 7.62. The van der Waals surface area contributed by atoms with E-state index in [1.807, 2.05) is 12.3 Å². The van der Waals surface area contributed by atoms with E-state index in [1.54, 1.807) is 0 Å². The van der Waals surface area contributed by atoms with Gasteiger partial charge in [-0.25, -0.2) is 0 Å². The van der Waals surface area contributed by atoms with Crippen LogP contribution in [0.5, 0.6) is 0 Å². The summed E-state index contributed by atoms with van der Waals surface area (Å²) in [6.07, 6.45) is 5.94. The predicted octanol–water partition coefficient (Wildman–Crippen LogP) is 4.05. The van der Waals surface area contributed by atoms with Crippen LogP contribution in [0, 0.1) is 0 Å². The van der Waals surface area contributed by atoms with Gasteiger partial charge in [0.1, 0.15) is 0 Å². The summed E-state index contributed by atoms with van der Waals surface area (Å²) in [4.78, 5) is 4.52. The molecule has 1 heterocycles. The van der Waals surface area contributed by atoms with Crippen LogP contribution in [0.1, 0.15) is 55.0 Å². The lowest BCUT2D eigenvalue weighted by molar-refractivity contribution is 0.419. The van der Waals surface area contributed by atoms with Gasteiger partial charge in [-0.05, 0) is 48.6 Å². The molecule has 1 aromatic heterocycles. The van der Waals surface area contributed by atoms with E-state index in [0.29, 0.717) is 0 Å². The van der Waals surface area contributed by atoms with Gasteiger partial charge < -0.3 is 5.32 Å². The molecule has 0 spiro atoms. The summed E-state index contributed by atoms with van der Waals surface area (Å²) in [5, 5.41) is 3.55. The molecule has 1 unspecified atom stereocenters. The van der Waals surface area contributed by atoms with Crippen molar-refractivity contribution in [3.05, 3.63) is 65.5 Å². The van der Waals surface area contributed by atoms with E-state index in [9.17, 15) is 0 Å². The Morgan fingerprint density at radius 3 is 2.75 bits per heavy atom. The van der Waals surface area contributed by atoms with E-state index in [2.05, 4.69) is 53.6 Å². The van der Waals surface area contributed by atoms with E-state index < -0.39 is 0 Å². The SMILES string of the molecule is CCNC(c1cccc(C2CCC2)c1)c1ccccn1. The zero-order valence-corrected chi connectivity index (χ0v) is 12.0. The monoisotopic (exact) mass is 266 g/mol. The van der Waals surface area contributed by atoms with Crippen LogP contribution in [0.4, 0.5) is 0 Å². The van der Waals surface area contributed by atoms with Crippen LogP contribution in [0.15, 0.2) is 48.7 Å². The van der Waals surface area contributed by atoms with Crippen LogP contribution in [-0.4, -0.2) is 11.5 Å². The van der Waals surface area contributed by atoms with Crippen molar-refractivity contribution in [1.29, 1.82) is 0 Å². The van der Waals surface area contributed by atoms with Gasteiger partial charge in [0.25, 0.3) is 0 Å². The molecule has 0 aliphatic heterocycles. The number of aromatic nitrogens is 1. The lowest BCUT2D eigenvalue weighted by Crippen LogP contribution is -2.23. The van der Waals surface area contributed by atoms with Gasteiger partial charge >= 0.3 is 0 Å². The average Bonchev–Trinajstić information content (AvgIpc) is 2.44. The minimum absolute atomic E-state index is 0.196. The molecule has 2 nitrogen and oxygen atoms in total. The van der Waals surface area contributed by atoms with Gasteiger partial charge in [0.05, 0.1) is 11.7 Å². The highest BCUT2D eigenvalue weighted by Crippen LogP contribution is 2.37. The standard InChI is InChI=1S/C18H22N2/c1-2-19-18(17-11-3-4-12-20-17)16-10-6-9-15(13-16)14-7-5-8-14/h3-4,6,9-14,18-19H,2,5,7-8H2,1H3. The molecule has 104 valence electrons. The highest BCUT2D eigenvalue weighted by molar-refractivity contribution is 5.33. The molecule has 1 aromatic carbocycles. The molecule has 2 aromatic rings. The van der Waals surface area contributed by atoms with Crippen LogP contribution in [0.25, 0.3) is 0 Å². The molecule has 1 atom stereocenters. The van der Waals surface area contributed by atoms with Gasteiger partial charge in [0.2, 0.25) is 0 Å². The Hall–Kier alpha value is -1.67. The van der Waals surface area contributed by atoms with E-state index >= 15 is 0 Å². The van der Waals surface area contributed by atoms with Gasteiger partial charge in [-0.15, -0.1) is 0 Å². The first-order valence-electron chi connectivity index (χ1n) is 7.62. The van der Waals surface area contributed by atoms with E-state index in [1.165, 1.54) is 30.4 Å². The van der Waals surface area contributed by atoms with Gasteiger partial charge in [0.15, 0.2) is 0 Å². The maximum Gasteiger partial charge on any atom is 0.0751 e. The number of hydrogen-bond donors (Lipinski definition) is 1. The molecule has 20 heavy (non-hydrogen) atoms. The number of benzene rings is 1. The number of nitrogens with zero attached hydrogens (tertiary/aromatic N) is 1. The maximum atomic E-state index is 4.52. The van der Waals surface area contributed by atoms with Crippen LogP contribution in [0.2, 0.25) is 0 Å². The third kappa shape index (κ3) is 2.75. The third-order valence-corrected chi connectivity index (χ3v) is 4.21. The Labute approximate surface area is 121 Å². The van der Waals surface area contributed by atoms with Crippen molar-refractivity contribution in [2.24, 2.45) is 0 Å². The summed E-state index contributed by atoms with van der Waals surface area (Å²) in [6, 6.07) is 15.4. The Bertz CT molecular complexity index is 546. The zero-order valence-electron chi connectivity index (χ0n) is 12.0. The van der Waals surface area contributed by atoms with Crippen molar-refractivity contribution in [1.82, 2.24) is 10.3 Å². The maximum absolute atomic E-state index is 4.52. The van der Waals surface area contributed by atoms with Gasteiger partial charge in [-0.3, -0.25) is 4.98 Å². The Morgan fingerprint density at radius 1 is 1.20 bits per heavy atom. The molecule has 0 bridgehead atoms. The summed E-state index contributed by atoms with van der Waals surface area (Å²) in [6.45, 7) is 3.08. The molecule has 2 heteroatoms. The first-order chi connectivity index (χ1) is 9.88. The number of pyridine rings is 1. The molecule has 0 amide bonds. The largest absolute Gasteiger partial charge is 0.305 e. The molecule has 1 aliphatic rings. The molecule has 3 rings (SSSR count). The molecule has 1 N–H and O–H groups in total.